The van der Waals surface area contributed by atoms with E-state index >= 15 is 0 Å². The third-order valence-electron chi connectivity index (χ3n) is 8.86. The number of nitrogens with zero attached hydrogens (tertiary/aromatic N) is 1. The molecule has 1 aliphatic heterocycles. The molecule has 0 radical (unpaired) electrons. The zero-order valence-electron chi connectivity index (χ0n) is 23.2. The van der Waals surface area contributed by atoms with Gasteiger partial charge in [-0.25, -0.2) is 4.39 Å². The standard InChI is InChI=1S/C34H35FN2O3/c1-3-40-33-17-22(16-32(39-2)34(33)23-8-11-27(35)12-9-23)21-37-15-14-28-24(10-13-30(28)37)19-31(38)26-18-25-6-4-5-7-29(25)36-20-26/h4-9,11-12,16-18,20,24,28,30H,3,10,13-15,19,21H2,1-2H3/p+1/t24?,28-,30+/m0/s1. The first-order valence-electron chi connectivity index (χ1n) is 14.4. The molecule has 2 fully saturated rings. The minimum atomic E-state index is -0.269. The number of methoxy groups -OCH3 is 1. The molecule has 1 saturated heterocycles. The second-order valence-electron chi connectivity index (χ2n) is 11.1. The fraction of sp³-hybridized carbons (Fsp3) is 0.353. The van der Waals surface area contributed by atoms with Gasteiger partial charge >= 0.3 is 0 Å². The van der Waals surface area contributed by atoms with Gasteiger partial charge in [0.2, 0.25) is 0 Å². The number of halogens is 1. The lowest BCUT2D eigenvalue weighted by Crippen LogP contribution is -3.12. The van der Waals surface area contributed by atoms with E-state index in [1.807, 2.05) is 37.3 Å². The molecule has 1 aromatic heterocycles. The van der Waals surface area contributed by atoms with E-state index in [1.165, 1.54) is 17.7 Å². The van der Waals surface area contributed by atoms with E-state index in [4.69, 9.17) is 9.47 Å². The zero-order chi connectivity index (χ0) is 27.6. The van der Waals surface area contributed by atoms with Crippen LogP contribution >= 0.6 is 0 Å². The summed E-state index contributed by atoms with van der Waals surface area (Å²) in [7, 11) is 1.67. The molecule has 1 aliphatic carbocycles. The maximum Gasteiger partial charge on any atom is 0.164 e. The average Bonchev–Trinajstić information content (AvgIpc) is 3.56. The van der Waals surface area contributed by atoms with Crippen molar-refractivity contribution in [2.24, 2.45) is 11.8 Å². The summed E-state index contributed by atoms with van der Waals surface area (Å²) in [6, 6.07) is 21.2. The highest BCUT2D eigenvalue weighted by molar-refractivity contribution is 5.98. The number of likely N-dealkylation sites (tertiary alicyclic amines) is 1. The summed E-state index contributed by atoms with van der Waals surface area (Å²) in [5.74, 6) is 2.43. The van der Waals surface area contributed by atoms with Crippen LogP contribution in [0.5, 0.6) is 11.5 Å². The van der Waals surface area contributed by atoms with Gasteiger partial charge in [0.15, 0.2) is 5.78 Å². The highest BCUT2D eigenvalue weighted by Crippen LogP contribution is 2.41. The van der Waals surface area contributed by atoms with Crippen LogP contribution in [-0.4, -0.2) is 37.1 Å². The summed E-state index contributed by atoms with van der Waals surface area (Å²) in [5, 5.41) is 1.02. The number of rotatable bonds is 9. The van der Waals surface area contributed by atoms with E-state index in [2.05, 4.69) is 17.1 Å². The van der Waals surface area contributed by atoms with Crippen molar-refractivity contribution in [2.45, 2.75) is 45.2 Å². The maximum atomic E-state index is 13.6. The maximum absolute atomic E-state index is 13.6. The number of pyridine rings is 1. The number of para-hydroxylation sites is 1. The zero-order valence-corrected chi connectivity index (χ0v) is 23.2. The van der Waals surface area contributed by atoms with Crippen LogP contribution in [0, 0.1) is 17.7 Å². The van der Waals surface area contributed by atoms with E-state index in [1.54, 1.807) is 30.3 Å². The topological polar surface area (TPSA) is 52.9 Å². The molecule has 0 spiro atoms. The lowest BCUT2D eigenvalue weighted by Gasteiger charge is -2.23. The average molecular weight is 540 g/mol. The Morgan fingerprint density at radius 1 is 1.02 bits per heavy atom. The Morgan fingerprint density at radius 3 is 2.62 bits per heavy atom. The minimum absolute atomic E-state index is 0.208. The number of hydrogen-bond acceptors (Lipinski definition) is 4. The van der Waals surface area contributed by atoms with Gasteiger partial charge < -0.3 is 14.4 Å². The van der Waals surface area contributed by atoms with Gasteiger partial charge in [0.1, 0.15) is 23.9 Å². The van der Waals surface area contributed by atoms with Gasteiger partial charge in [0.05, 0.1) is 37.4 Å². The van der Waals surface area contributed by atoms with Crippen LogP contribution in [0.2, 0.25) is 0 Å². The first-order chi connectivity index (χ1) is 19.5. The van der Waals surface area contributed by atoms with Gasteiger partial charge in [0.25, 0.3) is 0 Å². The number of hydrogen-bond donors (Lipinski definition) is 1. The quantitative estimate of drug-likeness (QED) is 0.269. The predicted octanol–water partition coefficient (Wildman–Crippen LogP) is 5.90. The SMILES string of the molecule is CCOc1cc(C[NH+]2CC[C@H]3C(CC(=O)c4cnc5ccccc5c4)CC[C@H]32)cc(OC)c1-c1ccc(F)cc1. The van der Waals surface area contributed by atoms with Gasteiger partial charge in [-0.15, -0.1) is 0 Å². The Morgan fingerprint density at radius 2 is 1.82 bits per heavy atom. The summed E-state index contributed by atoms with van der Waals surface area (Å²) < 4.78 is 25.5. The summed E-state index contributed by atoms with van der Waals surface area (Å²) >= 11 is 0. The molecule has 3 aromatic carbocycles. The molecule has 5 nitrogen and oxygen atoms in total. The monoisotopic (exact) mass is 539 g/mol. The van der Waals surface area contributed by atoms with Crippen LogP contribution in [0.15, 0.2) is 72.9 Å². The smallest absolute Gasteiger partial charge is 0.164 e. The number of nitrogens with one attached hydrogen (secondary N) is 1. The van der Waals surface area contributed by atoms with Crippen LogP contribution in [0.1, 0.15) is 48.5 Å². The number of quaternary nitrogens is 1. The fourth-order valence-electron chi connectivity index (χ4n) is 7.02. The molecule has 0 bridgehead atoms. The Labute approximate surface area is 234 Å². The number of Topliss-reactive ketones (excluding diaryl/α,β-unsaturated/α-hetero) is 1. The third-order valence-corrected chi connectivity index (χ3v) is 8.86. The number of ketones is 1. The van der Waals surface area contributed by atoms with Crippen molar-refractivity contribution in [3.8, 4) is 22.6 Å². The summed E-state index contributed by atoms with van der Waals surface area (Å²) in [6.45, 7) is 4.49. The van der Waals surface area contributed by atoms with Crippen molar-refractivity contribution < 1.29 is 23.6 Å². The third kappa shape index (κ3) is 5.20. The van der Waals surface area contributed by atoms with Crippen molar-refractivity contribution in [1.82, 2.24) is 4.98 Å². The largest absolute Gasteiger partial charge is 0.496 e. The number of ether oxygens (including phenoxy) is 2. The molecule has 1 N–H and O–H groups in total. The molecule has 6 heteroatoms. The van der Waals surface area contributed by atoms with Crippen LogP contribution in [0.4, 0.5) is 4.39 Å². The summed E-state index contributed by atoms with van der Waals surface area (Å²) in [4.78, 5) is 19.3. The van der Waals surface area contributed by atoms with Crippen LogP contribution in [0.25, 0.3) is 22.0 Å². The molecule has 0 amide bonds. The molecule has 4 aromatic rings. The van der Waals surface area contributed by atoms with Gasteiger partial charge in [-0.3, -0.25) is 9.78 Å². The number of fused-ring (bicyclic) bond motifs is 2. The molecule has 40 heavy (non-hydrogen) atoms. The van der Waals surface area contributed by atoms with Crippen molar-refractivity contribution in [2.75, 3.05) is 20.3 Å². The number of aromatic nitrogens is 1. The molecule has 6 rings (SSSR count). The normalized spacial score (nSPS) is 21.9. The fourth-order valence-corrected chi connectivity index (χ4v) is 7.02. The molecule has 206 valence electrons. The molecule has 2 aliphatic rings. The van der Waals surface area contributed by atoms with E-state index in [0.717, 1.165) is 71.4 Å². The van der Waals surface area contributed by atoms with Crippen molar-refractivity contribution >= 4 is 16.7 Å². The van der Waals surface area contributed by atoms with E-state index in [9.17, 15) is 9.18 Å². The van der Waals surface area contributed by atoms with Crippen molar-refractivity contribution in [3.63, 3.8) is 0 Å². The summed E-state index contributed by atoms with van der Waals surface area (Å²) in [6.07, 6.45) is 5.74. The van der Waals surface area contributed by atoms with Crippen LogP contribution < -0.4 is 14.4 Å². The highest BCUT2D eigenvalue weighted by Gasteiger charge is 2.47. The summed E-state index contributed by atoms with van der Waals surface area (Å²) in [5.41, 5.74) is 4.53. The Hall–Kier alpha value is -3.77. The molecule has 2 unspecified atom stereocenters. The second-order valence-corrected chi connectivity index (χ2v) is 11.1. The Balaban J connectivity index is 1.17. The first-order valence-corrected chi connectivity index (χ1v) is 14.4. The molecule has 4 atom stereocenters. The van der Waals surface area contributed by atoms with Crippen LogP contribution in [0.3, 0.4) is 0 Å². The van der Waals surface area contributed by atoms with E-state index in [-0.39, 0.29) is 11.6 Å². The molecule has 2 heterocycles. The Bertz CT molecular complexity index is 1520. The molecular formula is C34H36FN2O3+. The van der Waals surface area contributed by atoms with Gasteiger partial charge in [-0.1, -0.05) is 30.3 Å². The highest BCUT2D eigenvalue weighted by atomic mass is 19.1. The number of carbonyl (C=O) groups excluding carboxylic acids is 1. The first kappa shape index (κ1) is 26.5. The van der Waals surface area contributed by atoms with Crippen LogP contribution in [-0.2, 0) is 6.54 Å². The lowest BCUT2D eigenvalue weighted by atomic mass is 9.87. The van der Waals surface area contributed by atoms with Crippen molar-refractivity contribution in [1.29, 1.82) is 0 Å². The van der Waals surface area contributed by atoms with E-state index < -0.39 is 0 Å². The van der Waals surface area contributed by atoms with Crippen molar-refractivity contribution in [3.05, 3.63) is 89.9 Å². The predicted molar refractivity (Wildman–Crippen MR) is 154 cm³/mol. The second kappa shape index (κ2) is 11.4. The molecule has 1 saturated carbocycles. The molecular weight excluding hydrogens is 503 g/mol. The number of benzene rings is 3. The van der Waals surface area contributed by atoms with E-state index in [0.29, 0.717) is 30.9 Å². The minimum Gasteiger partial charge on any atom is -0.496 e. The lowest BCUT2D eigenvalue weighted by molar-refractivity contribution is -0.927. The van der Waals surface area contributed by atoms with Gasteiger partial charge in [0, 0.05) is 41.5 Å². The Kier molecular flexibility index (Phi) is 7.53. The van der Waals surface area contributed by atoms with Gasteiger partial charge in [-0.2, -0.15) is 0 Å². The number of carbonyl (C=O) groups is 1. The van der Waals surface area contributed by atoms with Gasteiger partial charge in [-0.05, 0) is 67.6 Å².